The predicted molar refractivity (Wildman–Crippen MR) is 74.6 cm³/mol. The molecule has 1 N–H and O–H groups in total. The minimum absolute atomic E-state index is 0.0390. The zero-order valence-electron chi connectivity index (χ0n) is 8.91. The van der Waals surface area contributed by atoms with E-state index in [9.17, 15) is 9.59 Å². The zero-order chi connectivity index (χ0) is 13.3. The summed E-state index contributed by atoms with van der Waals surface area (Å²) in [6.07, 6.45) is 1.29. The molecule has 0 spiro atoms. The first kappa shape index (κ1) is 13.4. The molecule has 4 nitrogen and oxygen atoms in total. The number of nitrogens with zero attached hydrogens (tertiary/aromatic N) is 1. The van der Waals surface area contributed by atoms with Crippen LogP contribution < -0.4 is 11.2 Å². The molecule has 1 heterocycles. The van der Waals surface area contributed by atoms with Crippen LogP contribution in [0.15, 0.2) is 38.5 Å². The average Bonchev–Trinajstić information content (AvgIpc) is 2.29. The van der Waals surface area contributed by atoms with Crippen molar-refractivity contribution in [3.8, 4) is 0 Å². The van der Waals surface area contributed by atoms with E-state index < -0.39 is 11.2 Å². The molecule has 0 atom stereocenters. The second-order valence-corrected chi connectivity index (χ2v) is 5.33. The third-order valence-electron chi connectivity index (χ3n) is 2.32. The maximum Gasteiger partial charge on any atom is 0.328 e. The van der Waals surface area contributed by atoms with Crippen molar-refractivity contribution in [2.24, 2.45) is 0 Å². The monoisotopic (exact) mass is 348 g/mol. The van der Waals surface area contributed by atoms with Gasteiger partial charge in [-0.15, -0.1) is 0 Å². The van der Waals surface area contributed by atoms with Gasteiger partial charge in [-0.3, -0.25) is 14.3 Å². The SMILES string of the molecule is O=c1[nH]c(=O)n(Cc2ccc(Br)cc2Cl)cc1Cl. The Morgan fingerprint density at radius 3 is 2.61 bits per heavy atom. The molecular formula is C11H7BrCl2N2O2. The van der Waals surface area contributed by atoms with Gasteiger partial charge < -0.3 is 0 Å². The fourth-order valence-corrected chi connectivity index (χ4v) is 2.33. The lowest BCUT2D eigenvalue weighted by Gasteiger charge is -2.07. The lowest BCUT2D eigenvalue weighted by atomic mass is 10.2. The second-order valence-electron chi connectivity index (χ2n) is 3.60. The first-order valence-corrected chi connectivity index (χ1v) is 6.45. The molecular weight excluding hydrogens is 343 g/mol. The quantitative estimate of drug-likeness (QED) is 0.906. The van der Waals surface area contributed by atoms with Crippen LogP contribution in [0.3, 0.4) is 0 Å². The summed E-state index contributed by atoms with van der Waals surface area (Å²) < 4.78 is 2.14. The van der Waals surface area contributed by atoms with Crippen molar-refractivity contribution >= 4 is 39.1 Å². The van der Waals surface area contributed by atoms with Crippen LogP contribution in [0.4, 0.5) is 0 Å². The highest BCUT2D eigenvalue weighted by Gasteiger charge is 2.06. The first-order valence-electron chi connectivity index (χ1n) is 4.90. The molecule has 18 heavy (non-hydrogen) atoms. The van der Waals surface area contributed by atoms with E-state index in [0.29, 0.717) is 5.02 Å². The van der Waals surface area contributed by atoms with Crippen molar-refractivity contribution in [3.63, 3.8) is 0 Å². The molecule has 94 valence electrons. The Balaban J connectivity index is 2.43. The van der Waals surface area contributed by atoms with Gasteiger partial charge in [0.2, 0.25) is 0 Å². The molecule has 0 radical (unpaired) electrons. The van der Waals surface area contributed by atoms with Gasteiger partial charge >= 0.3 is 5.69 Å². The van der Waals surface area contributed by atoms with Crippen LogP contribution in [-0.2, 0) is 6.54 Å². The normalized spacial score (nSPS) is 10.6. The van der Waals surface area contributed by atoms with E-state index in [0.717, 1.165) is 10.0 Å². The molecule has 1 aromatic heterocycles. The summed E-state index contributed by atoms with van der Waals surface area (Å²) in [6.45, 7) is 0.238. The molecule has 0 saturated heterocycles. The number of hydrogen-bond donors (Lipinski definition) is 1. The standard InChI is InChI=1S/C11H7BrCl2N2O2/c12-7-2-1-6(8(13)3-7)4-16-5-9(14)10(17)15-11(16)18/h1-3,5H,4H2,(H,15,17,18). The van der Waals surface area contributed by atoms with E-state index >= 15 is 0 Å². The molecule has 0 aliphatic carbocycles. The van der Waals surface area contributed by atoms with E-state index in [4.69, 9.17) is 23.2 Å². The van der Waals surface area contributed by atoms with Gasteiger partial charge in [0.05, 0.1) is 6.54 Å². The fraction of sp³-hybridized carbons (Fsp3) is 0.0909. The number of aromatic amines is 1. The number of hydrogen-bond acceptors (Lipinski definition) is 2. The van der Waals surface area contributed by atoms with Crippen LogP contribution in [0, 0.1) is 0 Å². The molecule has 0 aliphatic heterocycles. The molecule has 0 saturated carbocycles. The number of rotatable bonds is 2. The van der Waals surface area contributed by atoms with E-state index in [1.54, 1.807) is 12.1 Å². The van der Waals surface area contributed by atoms with E-state index in [-0.39, 0.29) is 11.6 Å². The number of aromatic nitrogens is 2. The molecule has 0 aliphatic rings. The average molecular weight is 350 g/mol. The van der Waals surface area contributed by atoms with Crippen LogP contribution in [0.1, 0.15) is 5.56 Å². The largest absolute Gasteiger partial charge is 0.328 e. The van der Waals surface area contributed by atoms with Crippen molar-refractivity contribution in [1.29, 1.82) is 0 Å². The summed E-state index contributed by atoms with van der Waals surface area (Å²) in [5.41, 5.74) is -0.367. The summed E-state index contributed by atoms with van der Waals surface area (Å²) in [7, 11) is 0. The van der Waals surface area contributed by atoms with Crippen LogP contribution in [0.25, 0.3) is 0 Å². The Bertz CT molecular complexity index is 709. The molecule has 0 amide bonds. The summed E-state index contributed by atoms with van der Waals surface area (Å²) in [5, 5.41) is 0.487. The Morgan fingerprint density at radius 1 is 1.22 bits per heavy atom. The van der Waals surface area contributed by atoms with Gasteiger partial charge in [0.15, 0.2) is 0 Å². The van der Waals surface area contributed by atoms with Crippen molar-refractivity contribution < 1.29 is 0 Å². The van der Waals surface area contributed by atoms with Gasteiger partial charge in [0, 0.05) is 15.7 Å². The topological polar surface area (TPSA) is 54.9 Å². The van der Waals surface area contributed by atoms with Crippen molar-refractivity contribution in [3.05, 3.63) is 65.3 Å². The van der Waals surface area contributed by atoms with Crippen LogP contribution >= 0.6 is 39.1 Å². The summed E-state index contributed by atoms with van der Waals surface area (Å²) in [6, 6.07) is 5.34. The number of nitrogens with one attached hydrogen (secondary N) is 1. The first-order chi connectivity index (χ1) is 8.47. The molecule has 0 fully saturated rings. The van der Waals surface area contributed by atoms with Gasteiger partial charge in [-0.25, -0.2) is 4.79 Å². The highest BCUT2D eigenvalue weighted by atomic mass is 79.9. The van der Waals surface area contributed by atoms with Crippen LogP contribution in [-0.4, -0.2) is 9.55 Å². The summed E-state index contributed by atoms with van der Waals surface area (Å²) in [4.78, 5) is 24.8. The summed E-state index contributed by atoms with van der Waals surface area (Å²) in [5.74, 6) is 0. The van der Waals surface area contributed by atoms with E-state index in [1.807, 2.05) is 6.07 Å². The second kappa shape index (κ2) is 5.30. The van der Waals surface area contributed by atoms with Crippen molar-refractivity contribution in [1.82, 2.24) is 9.55 Å². The minimum Gasteiger partial charge on any atom is -0.295 e. The highest BCUT2D eigenvalue weighted by molar-refractivity contribution is 9.10. The van der Waals surface area contributed by atoms with Gasteiger partial charge in [0.25, 0.3) is 5.56 Å². The third-order valence-corrected chi connectivity index (χ3v) is 3.44. The molecule has 2 aromatic rings. The number of halogens is 3. The third kappa shape index (κ3) is 2.85. The van der Waals surface area contributed by atoms with Gasteiger partial charge in [-0.2, -0.15) is 0 Å². The number of H-pyrrole nitrogens is 1. The van der Waals surface area contributed by atoms with Crippen LogP contribution in [0.5, 0.6) is 0 Å². The highest BCUT2D eigenvalue weighted by Crippen LogP contribution is 2.21. The molecule has 2 rings (SSSR count). The molecule has 0 bridgehead atoms. The lowest BCUT2D eigenvalue weighted by molar-refractivity contribution is 0.721. The van der Waals surface area contributed by atoms with E-state index in [1.165, 1.54) is 10.8 Å². The summed E-state index contributed by atoms with van der Waals surface area (Å²) >= 11 is 15.0. The Labute approximate surface area is 120 Å². The molecule has 1 aromatic carbocycles. The van der Waals surface area contributed by atoms with Crippen LogP contribution in [0.2, 0.25) is 10.0 Å². The Morgan fingerprint density at radius 2 is 1.94 bits per heavy atom. The number of benzene rings is 1. The van der Waals surface area contributed by atoms with E-state index in [2.05, 4.69) is 20.9 Å². The van der Waals surface area contributed by atoms with Gasteiger partial charge in [-0.1, -0.05) is 45.2 Å². The van der Waals surface area contributed by atoms with Crippen molar-refractivity contribution in [2.45, 2.75) is 6.54 Å². The molecule has 0 unspecified atom stereocenters. The maximum absolute atomic E-state index is 11.6. The predicted octanol–water partition coefficient (Wildman–Crippen LogP) is 2.65. The smallest absolute Gasteiger partial charge is 0.295 e. The van der Waals surface area contributed by atoms with Gasteiger partial charge in [0.1, 0.15) is 5.02 Å². The van der Waals surface area contributed by atoms with Crippen molar-refractivity contribution in [2.75, 3.05) is 0 Å². The molecule has 7 heteroatoms. The maximum atomic E-state index is 11.6. The lowest BCUT2D eigenvalue weighted by Crippen LogP contribution is -2.30. The van der Waals surface area contributed by atoms with Gasteiger partial charge in [-0.05, 0) is 17.7 Å². The fourth-order valence-electron chi connectivity index (χ4n) is 1.43. The zero-order valence-corrected chi connectivity index (χ0v) is 12.0. The Hall–Kier alpha value is -1.04. The Kier molecular flexibility index (Phi) is 3.94. The minimum atomic E-state index is -0.597.